The fourth-order valence-electron chi connectivity index (χ4n) is 8.38. The van der Waals surface area contributed by atoms with E-state index < -0.39 is 60.4 Å². The van der Waals surface area contributed by atoms with Gasteiger partial charge in [-0.15, -0.1) is 0 Å². The molecule has 5 nitrogen and oxygen atoms in total. The van der Waals surface area contributed by atoms with Gasteiger partial charge < -0.3 is 4.57 Å². The molecule has 0 spiro atoms. The Hall–Kier alpha value is -6.85. The number of aromatic nitrogens is 5. The molecule has 3 aromatic heterocycles. The van der Waals surface area contributed by atoms with Gasteiger partial charge in [-0.25, -0.2) is 4.98 Å². The van der Waals surface area contributed by atoms with Crippen LogP contribution in [0.4, 0.5) is 0 Å². The Morgan fingerprint density at radius 3 is 1.66 bits per heavy atom. The van der Waals surface area contributed by atoms with Crippen molar-refractivity contribution < 1.29 is 13.7 Å². The van der Waals surface area contributed by atoms with E-state index in [1.165, 1.54) is 11.1 Å². The molecular weight excluding hydrogens is 647 g/mol. The molecular formula is C48H33N5. The third-order valence-corrected chi connectivity index (χ3v) is 10.5. The van der Waals surface area contributed by atoms with Crippen LogP contribution >= 0.6 is 0 Å². The van der Waals surface area contributed by atoms with Crippen LogP contribution in [0.15, 0.2) is 164 Å². The van der Waals surface area contributed by atoms with Crippen molar-refractivity contribution in [1.29, 1.82) is 0 Å². The molecule has 0 amide bonds. The number of benzene rings is 7. The maximum Gasteiger partial charge on any atom is 0.238 e. The second-order valence-corrected chi connectivity index (χ2v) is 13.7. The number of rotatable bonds is 4. The summed E-state index contributed by atoms with van der Waals surface area (Å²) in [6.07, 6.45) is 0. The smallest absolute Gasteiger partial charge is 0.238 e. The van der Waals surface area contributed by atoms with E-state index in [4.69, 9.17) is 23.7 Å². The van der Waals surface area contributed by atoms with Crippen molar-refractivity contribution in [3.63, 3.8) is 0 Å². The fourth-order valence-corrected chi connectivity index (χ4v) is 8.38. The van der Waals surface area contributed by atoms with E-state index in [-0.39, 0.29) is 34.1 Å². The van der Waals surface area contributed by atoms with Gasteiger partial charge >= 0.3 is 0 Å². The lowest BCUT2D eigenvalue weighted by Crippen LogP contribution is -2.18. The second-order valence-electron chi connectivity index (χ2n) is 13.7. The molecule has 0 saturated heterocycles. The van der Waals surface area contributed by atoms with Crippen LogP contribution < -0.4 is 0 Å². The summed E-state index contributed by atoms with van der Waals surface area (Å²) in [5.41, 5.74) is 7.71. The number of hydrogen-bond donors (Lipinski definition) is 0. The summed E-state index contributed by atoms with van der Waals surface area (Å²) in [7, 11) is 0. The van der Waals surface area contributed by atoms with Crippen molar-refractivity contribution >= 4 is 43.6 Å². The summed E-state index contributed by atoms with van der Waals surface area (Å²) in [4.78, 5) is 14.4. The van der Waals surface area contributed by atoms with E-state index in [0.29, 0.717) is 11.0 Å². The van der Waals surface area contributed by atoms with E-state index in [2.05, 4.69) is 90.1 Å². The van der Waals surface area contributed by atoms with E-state index in [9.17, 15) is 0 Å². The Morgan fingerprint density at radius 2 is 1.02 bits per heavy atom. The van der Waals surface area contributed by atoms with Gasteiger partial charge in [0.15, 0.2) is 11.6 Å². The predicted molar refractivity (Wildman–Crippen MR) is 217 cm³/mol. The molecule has 0 saturated carbocycles. The normalized spacial score (nSPS) is 15.9. The molecule has 0 radical (unpaired) electrons. The molecule has 0 atom stereocenters. The summed E-state index contributed by atoms with van der Waals surface area (Å²) in [5, 5.41) is 3.60. The highest BCUT2D eigenvalue weighted by atomic mass is 15.2. The van der Waals surface area contributed by atoms with Crippen LogP contribution in [0.25, 0.3) is 89.2 Å². The van der Waals surface area contributed by atoms with Crippen molar-refractivity contribution in [2.45, 2.75) is 19.3 Å². The van der Waals surface area contributed by atoms with Gasteiger partial charge in [0, 0.05) is 38.1 Å². The van der Waals surface area contributed by atoms with Gasteiger partial charge in [0.25, 0.3) is 0 Å². The van der Waals surface area contributed by atoms with Crippen molar-refractivity contribution in [2.24, 2.45) is 0 Å². The summed E-state index contributed by atoms with van der Waals surface area (Å²) < 4.78 is 90.5. The average molecular weight is 690 g/mol. The third-order valence-electron chi connectivity index (χ3n) is 10.5. The molecule has 0 aliphatic heterocycles. The first-order chi connectivity index (χ1) is 30.2. The third kappa shape index (κ3) is 4.22. The average Bonchev–Trinajstić information content (AvgIpc) is 3.90. The number of fused-ring (bicyclic) bond motifs is 10. The van der Waals surface area contributed by atoms with E-state index >= 15 is 0 Å². The highest BCUT2D eigenvalue weighted by Gasteiger charge is 2.38. The van der Waals surface area contributed by atoms with Gasteiger partial charge in [0.1, 0.15) is 0 Å². The van der Waals surface area contributed by atoms with Crippen LogP contribution in [-0.2, 0) is 5.41 Å². The highest BCUT2D eigenvalue weighted by molar-refractivity contribution is 6.23. The van der Waals surface area contributed by atoms with Gasteiger partial charge in [-0.2, -0.15) is 9.97 Å². The van der Waals surface area contributed by atoms with Crippen LogP contribution in [0.5, 0.6) is 0 Å². The summed E-state index contributed by atoms with van der Waals surface area (Å²) >= 11 is 0. The topological polar surface area (TPSA) is 48.5 Å². The zero-order valence-electron chi connectivity index (χ0n) is 38.6. The summed E-state index contributed by atoms with van der Waals surface area (Å²) in [6, 6.07) is 29.0. The minimum Gasteiger partial charge on any atom is -0.307 e. The fraction of sp³-hybridized carbons (Fsp3) is 0.0625. The lowest BCUT2D eigenvalue weighted by molar-refractivity contribution is 0.656. The summed E-state index contributed by atoms with van der Waals surface area (Å²) in [6.45, 7) is 4.49. The Kier molecular flexibility index (Phi) is 4.49. The van der Waals surface area contributed by atoms with Gasteiger partial charge in [-0.3, -0.25) is 4.57 Å². The molecule has 250 valence electrons. The number of hydrogen-bond acceptors (Lipinski definition) is 3. The SMILES string of the molecule is [2H]c1c([2H])c([2H])c(-c2nc(-c3c([2H])c([2H])c([2H])c([2H])c3[2H])nc(-n3c4ccccc4c4ccc5c6ccccc6n(-c6cccc7c6C(C)(C)c6ccccc6-7)c5c43)n2)c([2H])c1[2H]. The first kappa shape index (κ1) is 21.5. The first-order valence-corrected chi connectivity index (χ1v) is 17.3. The standard InChI is InChI=1S/C48H33N5/c1-48(2)38-24-12-9-20-32(38)35-23-15-27-41(42(35)48)52-39-25-13-10-21-33(39)36-28-29-37-34-22-11-14-26-40(34)53(44(37)43(36)52)47-50-45(30-16-5-3-6-17-30)49-46(51-47)31-18-7-4-8-19-31/h3-29H,1-2H3/i3D,4D,5D,6D,7D,8D,16D,17D,18D,19D. The Morgan fingerprint density at radius 1 is 0.491 bits per heavy atom. The minimum atomic E-state index is -0.610. The minimum absolute atomic E-state index is 0.0600. The maximum absolute atomic E-state index is 8.93. The molecule has 0 N–H and O–H groups in total. The molecule has 0 unspecified atom stereocenters. The first-order valence-electron chi connectivity index (χ1n) is 22.3. The van der Waals surface area contributed by atoms with Crippen molar-refractivity contribution in [1.82, 2.24) is 24.1 Å². The Labute approximate surface area is 320 Å². The van der Waals surface area contributed by atoms with E-state index in [1.54, 1.807) is 0 Å². The maximum atomic E-state index is 8.93. The predicted octanol–water partition coefficient (Wildman–Crippen LogP) is 11.7. The van der Waals surface area contributed by atoms with Crippen LogP contribution in [0.1, 0.15) is 38.7 Å². The van der Waals surface area contributed by atoms with E-state index in [0.717, 1.165) is 49.4 Å². The molecule has 11 rings (SSSR count). The lowest BCUT2D eigenvalue weighted by atomic mass is 9.81. The monoisotopic (exact) mass is 689 g/mol. The molecule has 5 heteroatoms. The lowest BCUT2D eigenvalue weighted by Gasteiger charge is -2.25. The molecule has 1 aliphatic carbocycles. The van der Waals surface area contributed by atoms with Gasteiger partial charge in [0.05, 0.1) is 41.5 Å². The van der Waals surface area contributed by atoms with Crippen LogP contribution in [-0.4, -0.2) is 24.1 Å². The molecule has 3 heterocycles. The van der Waals surface area contributed by atoms with Gasteiger partial charge in [0.2, 0.25) is 5.95 Å². The highest BCUT2D eigenvalue weighted by Crippen LogP contribution is 2.52. The zero-order chi connectivity index (χ0) is 44.0. The summed E-state index contributed by atoms with van der Waals surface area (Å²) in [5.74, 6) is -0.731. The van der Waals surface area contributed by atoms with E-state index in [1.807, 2.05) is 41.0 Å². The molecule has 7 aromatic carbocycles. The Bertz CT molecular complexity index is 3540. The number of para-hydroxylation sites is 2. The largest absolute Gasteiger partial charge is 0.307 e. The molecule has 53 heavy (non-hydrogen) atoms. The molecule has 0 fully saturated rings. The van der Waals surface area contributed by atoms with Crippen LogP contribution in [0.3, 0.4) is 0 Å². The Balaban J connectivity index is 1.33. The molecule has 0 bridgehead atoms. The zero-order valence-corrected chi connectivity index (χ0v) is 28.6. The van der Waals surface area contributed by atoms with Crippen LogP contribution in [0, 0.1) is 0 Å². The van der Waals surface area contributed by atoms with Crippen LogP contribution in [0.2, 0.25) is 0 Å². The van der Waals surface area contributed by atoms with Gasteiger partial charge in [-0.05, 0) is 40.5 Å². The van der Waals surface area contributed by atoms with Gasteiger partial charge in [-0.1, -0.05) is 159 Å². The molecule has 10 aromatic rings. The van der Waals surface area contributed by atoms with Crippen molar-refractivity contribution in [3.05, 3.63) is 175 Å². The number of nitrogens with zero attached hydrogens (tertiary/aromatic N) is 5. The molecule has 1 aliphatic rings. The second kappa shape index (κ2) is 11.1. The van der Waals surface area contributed by atoms with Crippen molar-refractivity contribution in [2.75, 3.05) is 0 Å². The quantitative estimate of drug-likeness (QED) is 0.185. The van der Waals surface area contributed by atoms with Crippen molar-refractivity contribution in [3.8, 4) is 45.5 Å².